The van der Waals surface area contributed by atoms with Crippen LogP contribution in [0.3, 0.4) is 0 Å². The number of carboxylic acids is 1. The van der Waals surface area contributed by atoms with Crippen LogP contribution in [0, 0.1) is 17.1 Å². The first kappa shape index (κ1) is 27.9. The molecule has 0 spiro atoms. The SMILES string of the molecule is N#Cc1ccc(COc2cccc(N3CC4CC(=O)C(C3)N4Cc3nc4ccc(C(=O)O)cc4n3C[C@@H]3CCO3)n2)c(F)c1. The zero-order chi connectivity index (χ0) is 30.4. The summed E-state index contributed by atoms with van der Waals surface area (Å²) in [6.07, 6.45) is 1.40. The maximum absolute atomic E-state index is 14.3. The van der Waals surface area contributed by atoms with E-state index in [2.05, 4.69) is 14.8 Å². The number of anilines is 1. The van der Waals surface area contributed by atoms with E-state index in [1.165, 1.54) is 12.1 Å². The van der Waals surface area contributed by atoms with E-state index < -0.39 is 11.8 Å². The van der Waals surface area contributed by atoms with Gasteiger partial charge in [-0.3, -0.25) is 9.69 Å². The van der Waals surface area contributed by atoms with Gasteiger partial charge in [-0.05, 0) is 42.8 Å². The fourth-order valence-electron chi connectivity index (χ4n) is 6.24. The molecule has 0 aliphatic carbocycles. The highest BCUT2D eigenvalue weighted by atomic mass is 19.1. The first-order chi connectivity index (χ1) is 21.4. The number of carbonyl (C=O) groups excluding carboxylic acids is 1. The van der Waals surface area contributed by atoms with E-state index in [1.807, 2.05) is 22.8 Å². The fraction of sp³-hybridized carbons (Fsp3) is 0.344. The van der Waals surface area contributed by atoms with Gasteiger partial charge in [-0.2, -0.15) is 10.2 Å². The number of pyridine rings is 1. The van der Waals surface area contributed by atoms with E-state index in [-0.39, 0.29) is 41.7 Å². The monoisotopic (exact) mass is 596 g/mol. The third kappa shape index (κ3) is 5.25. The summed E-state index contributed by atoms with van der Waals surface area (Å²) in [5, 5.41) is 18.5. The number of hydrogen-bond acceptors (Lipinski definition) is 9. The molecular formula is C32H29FN6O5. The minimum Gasteiger partial charge on any atom is -0.478 e. The molecule has 44 heavy (non-hydrogen) atoms. The van der Waals surface area contributed by atoms with Gasteiger partial charge < -0.3 is 24.0 Å². The van der Waals surface area contributed by atoms with Gasteiger partial charge in [0, 0.05) is 43.8 Å². The molecule has 3 aliphatic heterocycles. The Balaban J connectivity index is 1.09. The molecule has 3 saturated heterocycles. The number of benzene rings is 2. The predicted molar refractivity (Wildman–Crippen MR) is 156 cm³/mol. The van der Waals surface area contributed by atoms with Crippen molar-refractivity contribution in [3.8, 4) is 11.9 Å². The van der Waals surface area contributed by atoms with Gasteiger partial charge in [-0.15, -0.1) is 0 Å². The van der Waals surface area contributed by atoms with Crippen molar-refractivity contribution in [2.24, 2.45) is 0 Å². The molecule has 0 saturated carbocycles. The third-order valence-electron chi connectivity index (χ3n) is 8.67. The number of Topliss-reactive ketones (excluding diaryl/α,β-unsaturated/α-hetero) is 1. The number of imidazole rings is 1. The van der Waals surface area contributed by atoms with Crippen molar-refractivity contribution in [1.29, 1.82) is 5.26 Å². The lowest BCUT2D eigenvalue weighted by molar-refractivity contribution is -0.119. The predicted octanol–water partition coefficient (Wildman–Crippen LogP) is 3.54. The van der Waals surface area contributed by atoms with Gasteiger partial charge >= 0.3 is 5.97 Å². The number of rotatable bonds is 9. The summed E-state index contributed by atoms with van der Waals surface area (Å²) < 4.78 is 27.8. The number of carbonyl (C=O) groups is 2. The normalized spacial score (nSPS) is 21.3. The summed E-state index contributed by atoms with van der Waals surface area (Å²) in [5.41, 5.74) is 2.22. The van der Waals surface area contributed by atoms with Crippen LogP contribution < -0.4 is 9.64 Å². The van der Waals surface area contributed by atoms with Crippen molar-refractivity contribution in [3.63, 3.8) is 0 Å². The standard InChI is InChI=1S/C32H29FN6O5/c33-24-10-19(13-34)4-5-21(24)18-44-31-3-1-2-29(36-31)37-14-22-12-28(40)27(16-37)38(22)17-30-35-25-7-6-20(32(41)42)11-26(25)39(30)15-23-8-9-43-23/h1-7,10-11,22-23,27H,8-9,12,14-18H2,(H,41,42)/t22?,23-,27?/m0/s1. The van der Waals surface area contributed by atoms with Gasteiger partial charge in [-0.1, -0.05) is 12.1 Å². The van der Waals surface area contributed by atoms with Gasteiger partial charge in [0.2, 0.25) is 5.88 Å². The number of carboxylic acid groups (broad SMARTS) is 1. The number of ketones is 1. The molecule has 3 atom stereocenters. The van der Waals surface area contributed by atoms with E-state index in [0.717, 1.165) is 17.8 Å². The molecule has 3 fully saturated rings. The molecule has 4 aromatic rings. The van der Waals surface area contributed by atoms with E-state index in [4.69, 9.17) is 19.7 Å². The zero-order valence-corrected chi connectivity index (χ0v) is 23.7. The van der Waals surface area contributed by atoms with Crippen LogP contribution in [0.25, 0.3) is 11.0 Å². The third-order valence-corrected chi connectivity index (χ3v) is 8.67. The van der Waals surface area contributed by atoms with E-state index in [0.29, 0.717) is 62.0 Å². The lowest BCUT2D eigenvalue weighted by atomic mass is 10.1. The number of hydrogen-bond donors (Lipinski definition) is 1. The van der Waals surface area contributed by atoms with Crippen LogP contribution in [0.4, 0.5) is 10.2 Å². The highest BCUT2D eigenvalue weighted by molar-refractivity contribution is 5.92. The zero-order valence-electron chi connectivity index (χ0n) is 23.7. The average molecular weight is 597 g/mol. The largest absolute Gasteiger partial charge is 0.478 e. The molecule has 224 valence electrons. The molecule has 0 radical (unpaired) electrons. The van der Waals surface area contributed by atoms with Crippen LogP contribution in [-0.4, -0.2) is 74.2 Å². The number of halogens is 1. The van der Waals surface area contributed by atoms with Gasteiger partial charge in [0.15, 0.2) is 5.78 Å². The van der Waals surface area contributed by atoms with Crippen LogP contribution in [0.1, 0.15) is 40.2 Å². The number of nitrogens with zero attached hydrogens (tertiary/aromatic N) is 6. The van der Waals surface area contributed by atoms with Crippen molar-refractivity contribution < 1.29 is 28.6 Å². The number of fused-ring (bicyclic) bond motifs is 3. The lowest BCUT2D eigenvalue weighted by Gasteiger charge is -2.40. The summed E-state index contributed by atoms with van der Waals surface area (Å²) in [6, 6.07) is 16.1. The first-order valence-corrected chi connectivity index (χ1v) is 14.5. The Hall–Kier alpha value is -4.86. The van der Waals surface area contributed by atoms with Crippen molar-refractivity contribution in [3.05, 3.63) is 82.9 Å². The molecule has 7 rings (SSSR count). The topological polar surface area (TPSA) is 134 Å². The Bertz CT molecular complexity index is 1810. The molecule has 1 N–H and O–H groups in total. The second kappa shape index (κ2) is 11.3. The number of nitriles is 1. The number of ether oxygens (including phenoxy) is 2. The van der Waals surface area contributed by atoms with Crippen molar-refractivity contribution in [2.45, 2.75) is 50.7 Å². The van der Waals surface area contributed by atoms with Crippen molar-refractivity contribution in [1.82, 2.24) is 19.4 Å². The molecule has 2 unspecified atom stereocenters. The van der Waals surface area contributed by atoms with Crippen LogP contribution in [0.15, 0.2) is 54.6 Å². The van der Waals surface area contributed by atoms with Crippen LogP contribution in [0.2, 0.25) is 0 Å². The Morgan fingerprint density at radius 2 is 2.02 bits per heavy atom. The molecular weight excluding hydrogens is 567 g/mol. The van der Waals surface area contributed by atoms with Gasteiger partial charge in [0.25, 0.3) is 0 Å². The molecule has 2 bridgehead atoms. The number of aromatic nitrogens is 3. The molecule has 5 heterocycles. The summed E-state index contributed by atoms with van der Waals surface area (Å²) in [7, 11) is 0. The van der Waals surface area contributed by atoms with E-state index >= 15 is 0 Å². The molecule has 11 nitrogen and oxygen atoms in total. The molecule has 2 aromatic heterocycles. The Morgan fingerprint density at radius 3 is 2.75 bits per heavy atom. The molecule has 2 aromatic carbocycles. The quantitative estimate of drug-likeness (QED) is 0.306. The van der Waals surface area contributed by atoms with Gasteiger partial charge in [-0.25, -0.2) is 14.2 Å². The van der Waals surface area contributed by atoms with E-state index in [9.17, 15) is 19.1 Å². The van der Waals surface area contributed by atoms with Gasteiger partial charge in [0.1, 0.15) is 24.1 Å². The summed E-state index contributed by atoms with van der Waals surface area (Å²) in [6.45, 7) is 2.72. The Kier molecular flexibility index (Phi) is 7.20. The van der Waals surface area contributed by atoms with Crippen LogP contribution in [-0.2, 0) is 29.2 Å². The minimum absolute atomic E-state index is 0.0354. The van der Waals surface area contributed by atoms with Crippen LogP contribution in [0.5, 0.6) is 5.88 Å². The highest BCUT2D eigenvalue weighted by Gasteiger charge is 2.46. The average Bonchev–Trinajstić information content (AvgIpc) is 3.42. The Morgan fingerprint density at radius 1 is 1.16 bits per heavy atom. The molecule has 3 aliphatic rings. The first-order valence-electron chi connectivity index (χ1n) is 14.5. The highest BCUT2D eigenvalue weighted by Crippen LogP contribution is 2.33. The summed E-state index contributed by atoms with van der Waals surface area (Å²) in [5.74, 6) is 0.440. The van der Waals surface area contributed by atoms with Gasteiger partial charge in [0.05, 0.1) is 53.5 Å². The smallest absolute Gasteiger partial charge is 0.335 e. The van der Waals surface area contributed by atoms with Crippen LogP contribution >= 0.6 is 0 Å². The lowest BCUT2D eigenvalue weighted by Crippen LogP contribution is -2.54. The molecule has 0 amide bonds. The Labute approximate surface area is 252 Å². The number of aromatic carboxylic acids is 1. The van der Waals surface area contributed by atoms with E-state index in [1.54, 1.807) is 30.3 Å². The summed E-state index contributed by atoms with van der Waals surface area (Å²) in [4.78, 5) is 38.6. The second-order valence-corrected chi connectivity index (χ2v) is 11.4. The molecule has 12 heteroatoms. The van der Waals surface area contributed by atoms with Crippen molar-refractivity contribution in [2.75, 3.05) is 24.6 Å². The second-order valence-electron chi connectivity index (χ2n) is 11.4. The summed E-state index contributed by atoms with van der Waals surface area (Å²) >= 11 is 0. The maximum atomic E-state index is 14.3. The fourth-order valence-corrected chi connectivity index (χ4v) is 6.24. The minimum atomic E-state index is -0.995. The maximum Gasteiger partial charge on any atom is 0.335 e. The number of piperazine rings is 1. The van der Waals surface area contributed by atoms with Crippen molar-refractivity contribution >= 4 is 28.6 Å².